The monoisotopic (exact) mass is 388 g/mol. The highest BCUT2D eigenvalue weighted by atomic mass is 16.5. The van der Waals surface area contributed by atoms with Crippen LogP contribution in [0.1, 0.15) is 30.0 Å². The van der Waals surface area contributed by atoms with Gasteiger partial charge in [0.25, 0.3) is 0 Å². The van der Waals surface area contributed by atoms with E-state index in [9.17, 15) is 4.79 Å². The van der Waals surface area contributed by atoms with Gasteiger partial charge in [0.15, 0.2) is 0 Å². The SMILES string of the molecule is O=C(NC(c1ccccc1)c1ccccc1)N1CCCC(Oc2ncccn2)C1. The number of nitrogens with one attached hydrogen (secondary N) is 1. The molecule has 1 aliphatic heterocycles. The summed E-state index contributed by atoms with van der Waals surface area (Å²) in [6.07, 6.45) is 4.96. The van der Waals surface area contributed by atoms with Crippen LogP contribution in [0.3, 0.4) is 0 Å². The number of rotatable bonds is 5. The number of aromatic nitrogens is 2. The van der Waals surface area contributed by atoms with Crippen LogP contribution >= 0.6 is 0 Å². The zero-order valence-corrected chi connectivity index (χ0v) is 16.1. The van der Waals surface area contributed by atoms with E-state index in [4.69, 9.17) is 4.74 Å². The number of amides is 2. The zero-order chi connectivity index (χ0) is 19.9. The summed E-state index contributed by atoms with van der Waals surface area (Å²) in [6.45, 7) is 1.22. The molecule has 0 aliphatic carbocycles. The number of benzene rings is 2. The topological polar surface area (TPSA) is 67.4 Å². The molecule has 3 aromatic rings. The van der Waals surface area contributed by atoms with E-state index in [1.54, 1.807) is 18.5 Å². The second kappa shape index (κ2) is 9.19. The van der Waals surface area contributed by atoms with E-state index in [1.165, 1.54) is 0 Å². The quantitative estimate of drug-likeness (QED) is 0.722. The molecule has 6 nitrogen and oxygen atoms in total. The number of hydrogen-bond donors (Lipinski definition) is 1. The Morgan fingerprint density at radius 1 is 0.966 bits per heavy atom. The standard InChI is InChI=1S/C23H24N4O2/c28-23(27-16-7-13-20(17-27)29-22-24-14-8-15-25-22)26-21(18-9-3-1-4-10-18)19-11-5-2-6-12-19/h1-6,8-12,14-15,20-21H,7,13,16-17H2,(H,26,28). The molecule has 4 rings (SSSR count). The molecule has 1 saturated heterocycles. The average Bonchev–Trinajstić information content (AvgIpc) is 2.79. The maximum absolute atomic E-state index is 13.1. The van der Waals surface area contributed by atoms with Crippen LogP contribution in [-0.4, -0.2) is 40.1 Å². The molecule has 0 bridgehead atoms. The first-order valence-electron chi connectivity index (χ1n) is 9.88. The highest BCUT2D eigenvalue weighted by molar-refractivity contribution is 5.75. The molecule has 0 saturated carbocycles. The number of carbonyl (C=O) groups is 1. The summed E-state index contributed by atoms with van der Waals surface area (Å²) < 4.78 is 5.87. The minimum atomic E-state index is -0.205. The number of ether oxygens (including phenoxy) is 1. The van der Waals surface area contributed by atoms with Crippen molar-refractivity contribution in [1.82, 2.24) is 20.2 Å². The lowest BCUT2D eigenvalue weighted by Gasteiger charge is -2.33. The van der Waals surface area contributed by atoms with E-state index in [0.717, 1.165) is 24.0 Å². The first-order chi connectivity index (χ1) is 14.3. The van der Waals surface area contributed by atoms with Crippen LogP contribution in [0.5, 0.6) is 6.01 Å². The van der Waals surface area contributed by atoms with Crippen molar-refractivity contribution in [3.63, 3.8) is 0 Å². The lowest BCUT2D eigenvalue weighted by atomic mass is 9.99. The Morgan fingerprint density at radius 3 is 2.21 bits per heavy atom. The predicted molar refractivity (Wildman–Crippen MR) is 111 cm³/mol. The van der Waals surface area contributed by atoms with Gasteiger partial charge in [-0.2, -0.15) is 0 Å². The van der Waals surface area contributed by atoms with Crippen LogP contribution in [-0.2, 0) is 0 Å². The highest BCUT2D eigenvalue weighted by Gasteiger charge is 2.27. The molecular formula is C23H24N4O2. The third-order valence-corrected chi connectivity index (χ3v) is 5.01. The number of hydrogen-bond acceptors (Lipinski definition) is 4. The third kappa shape index (κ3) is 4.90. The molecule has 2 amide bonds. The van der Waals surface area contributed by atoms with E-state index in [1.807, 2.05) is 65.6 Å². The molecular weight excluding hydrogens is 364 g/mol. The van der Waals surface area contributed by atoms with Gasteiger partial charge in [-0.05, 0) is 30.0 Å². The summed E-state index contributed by atoms with van der Waals surface area (Å²) in [5.41, 5.74) is 2.10. The van der Waals surface area contributed by atoms with Crippen molar-refractivity contribution >= 4 is 6.03 Å². The van der Waals surface area contributed by atoms with E-state index in [0.29, 0.717) is 19.1 Å². The maximum atomic E-state index is 13.1. The molecule has 6 heteroatoms. The molecule has 0 radical (unpaired) electrons. The summed E-state index contributed by atoms with van der Waals surface area (Å²) >= 11 is 0. The molecule has 1 N–H and O–H groups in total. The normalized spacial score (nSPS) is 16.4. The Bertz CT molecular complexity index is 866. The predicted octanol–water partition coefficient (Wildman–Crippen LogP) is 3.82. The zero-order valence-electron chi connectivity index (χ0n) is 16.1. The Morgan fingerprint density at radius 2 is 1.59 bits per heavy atom. The van der Waals surface area contributed by atoms with E-state index >= 15 is 0 Å². The van der Waals surface area contributed by atoms with Crippen LogP contribution < -0.4 is 10.1 Å². The van der Waals surface area contributed by atoms with Gasteiger partial charge in [-0.15, -0.1) is 0 Å². The Balaban J connectivity index is 1.46. The van der Waals surface area contributed by atoms with Crippen molar-refractivity contribution in [3.05, 3.63) is 90.3 Å². The molecule has 0 spiro atoms. The second-order valence-electron chi connectivity index (χ2n) is 7.06. The fourth-order valence-corrected chi connectivity index (χ4v) is 3.58. The summed E-state index contributed by atoms with van der Waals surface area (Å²) in [5.74, 6) is 0. The van der Waals surface area contributed by atoms with Crippen LogP contribution in [0.4, 0.5) is 4.79 Å². The molecule has 2 aromatic carbocycles. The molecule has 29 heavy (non-hydrogen) atoms. The van der Waals surface area contributed by atoms with E-state index in [2.05, 4.69) is 15.3 Å². The van der Waals surface area contributed by atoms with Crippen LogP contribution in [0.25, 0.3) is 0 Å². The fourth-order valence-electron chi connectivity index (χ4n) is 3.58. The highest BCUT2D eigenvalue weighted by Crippen LogP contribution is 2.23. The van der Waals surface area contributed by atoms with Gasteiger partial charge >= 0.3 is 12.0 Å². The second-order valence-corrected chi connectivity index (χ2v) is 7.06. The first kappa shape index (κ1) is 18.9. The number of likely N-dealkylation sites (tertiary alicyclic amines) is 1. The van der Waals surface area contributed by atoms with Crippen molar-refractivity contribution < 1.29 is 9.53 Å². The minimum absolute atomic E-state index is 0.0926. The van der Waals surface area contributed by atoms with Gasteiger partial charge in [0.2, 0.25) is 0 Å². The number of nitrogens with zero attached hydrogens (tertiary/aromatic N) is 3. The lowest BCUT2D eigenvalue weighted by molar-refractivity contribution is 0.0932. The molecule has 1 atom stereocenters. The van der Waals surface area contributed by atoms with Gasteiger partial charge in [-0.1, -0.05) is 60.7 Å². The Kier molecular flexibility index (Phi) is 6.00. The van der Waals surface area contributed by atoms with Crippen molar-refractivity contribution in [1.29, 1.82) is 0 Å². The summed E-state index contributed by atoms with van der Waals surface area (Å²) in [6, 6.07) is 21.9. The minimum Gasteiger partial charge on any atom is -0.458 e. The van der Waals surface area contributed by atoms with Crippen molar-refractivity contribution in [2.75, 3.05) is 13.1 Å². The van der Waals surface area contributed by atoms with Crippen LogP contribution in [0.15, 0.2) is 79.1 Å². The van der Waals surface area contributed by atoms with E-state index in [-0.39, 0.29) is 18.2 Å². The van der Waals surface area contributed by atoms with Crippen LogP contribution in [0, 0.1) is 0 Å². The summed E-state index contributed by atoms with van der Waals surface area (Å²) in [4.78, 5) is 23.1. The van der Waals surface area contributed by atoms with Gasteiger partial charge in [0, 0.05) is 18.9 Å². The van der Waals surface area contributed by atoms with Crippen molar-refractivity contribution in [2.45, 2.75) is 25.0 Å². The molecule has 1 fully saturated rings. The van der Waals surface area contributed by atoms with Gasteiger partial charge < -0.3 is 15.0 Å². The lowest BCUT2D eigenvalue weighted by Crippen LogP contribution is -2.49. The number of carbonyl (C=O) groups excluding carboxylic acids is 1. The fraction of sp³-hybridized carbons (Fsp3) is 0.261. The molecule has 1 aliphatic rings. The Hall–Kier alpha value is -3.41. The van der Waals surface area contributed by atoms with Gasteiger partial charge in [0.05, 0.1) is 12.6 Å². The molecule has 1 unspecified atom stereocenters. The first-order valence-corrected chi connectivity index (χ1v) is 9.88. The summed E-state index contributed by atoms with van der Waals surface area (Å²) in [5, 5.41) is 3.20. The number of urea groups is 1. The molecule has 1 aromatic heterocycles. The number of piperidine rings is 1. The Labute approximate surface area is 170 Å². The van der Waals surface area contributed by atoms with Gasteiger partial charge in [-0.3, -0.25) is 0 Å². The smallest absolute Gasteiger partial charge is 0.318 e. The van der Waals surface area contributed by atoms with Crippen molar-refractivity contribution in [3.8, 4) is 6.01 Å². The maximum Gasteiger partial charge on any atom is 0.318 e. The van der Waals surface area contributed by atoms with Gasteiger partial charge in [-0.25, -0.2) is 14.8 Å². The van der Waals surface area contributed by atoms with E-state index < -0.39 is 0 Å². The largest absolute Gasteiger partial charge is 0.458 e. The van der Waals surface area contributed by atoms with Crippen LogP contribution in [0.2, 0.25) is 0 Å². The molecule has 148 valence electrons. The third-order valence-electron chi connectivity index (χ3n) is 5.01. The summed E-state index contributed by atoms with van der Waals surface area (Å²) in [7, 11) is 0. The van der Waals surface area contributed by atoms with Gasteiger partial charge in [0.1, 0.15) is 6.10 Å². The molecule has 2 heterocycles. The van der Waals surface area contributed by atoms with Crippen molar-refractivity contribution in [2.24, 2.45) is 0 Å². The average molecular weight is 388 g/mol.